The minimum Gasteiger partial charge on any atom is -0.488 e. The van der Waals surface area contributed by atoms with E-state index in [1.54, 1.807) is 0 Å². The molecule has 0 aliphatic carbocycles. The average Bonchev–Trinajstić information content (AvgIpc) is 2.63. The fourth-order valence-electron chi connectivity index (χ4n) is 2.54. The highest BCUT2D eigenvalue weighted by Crippen LogP contribution is 2.29. The fraction of sp³-hybridized carbons (Fsp3) is 0.143. The maximum Gasteiger partial charge on any atom is 0.134 e. The van der Waals surface area contributed by atoms with Gasteiger partial charge in [-0.1, -0.05) is 53.5 Å². The number of rotatable bonds is 6. The number of benzene rings is 3. The van der Waals surface area contributed by atoms with Gasteiger partial charge < -0.3 is 10.1 Å². The van der Waals surface area contributed by atoms with Crippen LogP contribution in [0.4, 0.5) is 5.69 Å². The number of ether oxygens (including phenoxy) is 1. The minimum absolute atomic E-state index is 0.428. The molecule has 0 aliphatic heterocycles. The Hall–Kier alpha value is -1.68. The van der Waals surface area contributed by atoms with Gasteiger partial charge in [0, 0.05) is 27.8 Å². The molecule has 3 rings (SSSR count). The van der Waals surface area contributed by atoms with Crippen LogP contribution in [-0.2, 0) is 13.2 Å². The van der Waals surface area contributed by atoms with Gasteiger partial charge in [0.05, 0.1) is 4.47 Å². The van der Waals surface area contributed by atoms with Gasteiger partial charge in [0.15, 0.2) is 0 Å². The highest BCUT2D eigenvalue weighted by atomic mass is 79.9. The van der Waals surface area contributed by atoms with Crippen LogP contribution < -0.4 is 10.1 Å². The Morgan fingerprint density at radius 1 is 0.962 bits per heavy atom. The predicted octanol–water partition coefficient (Wildman–Crippen LogP) is 7.26. The molecule has 0 radical (unpaired) electrons. The monoisotopic (exact) mass is 449 g/mol. The molecule has 0 saturated carbocycles. The molecule has 0 saturated heterocycles. The van der Waals surface area contributed by atoms with Gasteiger partial charge in [-0.15, -0.1) is 0 Å². The molecule has 0 aromatic heterocycles. The van der Waals surface area contributed by atoms with E-state index in [-0.39, 0.29) is 0 Å². The van der Waals surface area contributed by atoms with E-state index in [4.69, 9.17) is 27.9 Å². The second-order valence-electron chi connectivity index (χ2n) is 5.91. The van der Waals surface area contributed by atoms with Crippen molar-refractivity contribution in [2.24, 2.45) is 0 Å². The molecule has 3 aromatic rings. The average molecular weight is 451 g/mol. The van der Waals surface area contributed by atoms with Crippen molar-refractivity contribution in [3.05, 3.63) is 91.9 Å². The summed E-state index contributed by atoms with van der Waals surface area (Å²) in [5.41, 5.74) is 4.19. The van der Waals surface area contributed by atoms with Crippen molar-refractivity contribution in [2.75, 3.05) is 5.32 Å². The molecule has 0 heterocycles. The zero-order valence-electron chi connectivity index (χ0n) is 14.2. The summed E-state index contributed by atoms with van der Waals surface area (Å²) < 4.78 is 6.80. The second-order valence-corrected chi connectivity index (χ2v) is 7.58. The molecule has 5 heteroatoms. The summed E-state index contributed by atoms with van der Waals surface area (Å²) in [5.74, 6) is 0.785. The van der Waals surface area contributed by atoms with Gasteiger partial charge in [0.2, 0.25) is 0 Å². The summed E-state index contributed by atoms with van der Waals surface area (Å²) in [4.78, 5) is 0. The first kappa shape index (κ1) is 19.1. The van der Waals surface area contributed by atoms with Crippen LogP contribution in [0.5, 0.6) is 5.75 Å². The van der Waals surface area contributed by atoms with Crippen LogP contribution in [0.1, 0.15) is 16.7 Å². The van der Waals surface area contributed by atoms with Crippen molar-refractivity contribution in [1.82, 2.24) is 0 Å². The topological polar surface area (TPSA) is 21.3 Å². The maximum absolute atomic E-state index is 6.17. The van der Waals surface area contributed by atoms with Gasteiger partial charge in [0.25, 0.3) is 0 Å². The Labute approximate surface area is 172 Å². The first-order chi connectivity index (χ1) is 12.5. The first-order valence-electron chi connectivity index (χ1n) is 8.18. The molecule has 0 atom stereocenters. The number of hydrogen-bond donors (Lipinski definition) is 1. The fourth-order valence-corrected chi connectivity index (χ4v) is 3.44. The lowest BCUT2D eigenvalue weighted by atomic mass is 10.1. The molecular formula is C21H18BrCl2NO. The van der Waals surface area contributed by atoms with Crippen molar-refractivity contribution in [1.29, 1.82) is 0 Å². The molecular weight excluding hydrogens is 433 g/mol. The zero-order valence-corrected chi connectivity index (χ0v) is 17.3. The van der Waals surface area contributed by atoms with Crippen molar-refractivity contribution in [3.63, 3.8) is 0 Å². The van der Waals surface area contributed by atoms with E-state index in [0.717, 1.165) is 37.6 Å². The van der Waals surface area contributed by atoms with Gasteiger partial charge >= 0.3 is 0 Å². The molecule has 2 nitrogen and oxygen atoms in total. The molecule has 0 bridgehead atoms. The Kier molecular flexibility index (Phi) is 6.47. The molecule has 0 spiro atoms. The summed E-state index contributed by atoms with van der Waals surface area (Å²) in [6.45, 7) is 3.13. The summed E-state index contributed by atoms with van der Waals surface area (Å²) in [6.07, 6.45) is 0. The van der Waals surface area contributed by atoms with Crippen LogP contribution in [0.25, 0.3) is 0 Å². The molecule has 26 heavy (non-hydrogen) atoms. The van der Waals surface area contributed by atoms with E-state index in [0.29, 0.717) is 18.2 Å². The van der Waals surface area contributed by atoms with E-state index in [1.807, 2.05) is 61.5 Å². The Bertz CT molecular complexity index is 914. The molecule has 134 valence electrons. The lowest BCUT2D eigenvalue weighted by molar-refractivity contribution is 0.304. The van der Waals surface area contributed by atoms with Gasteiger partial charge in [-0.3, -0.25) is 0 Å². The number of anilines is 1. The van der Waals surface area contributed by atoms with Gasteiger partial charge in [-0.25, -0.2) is 0 Å². The zero-order chi connectivity index (χ0) is 18.5. The molecule has 0 fully saturated rings. The molecule has 3 aromatic carbocycles. The molecule has 1 N–H and O–H groups in total. The van der Waals surface area contributed by atoms with Gasteiger partial charge in [-0.05, 0) is 64.3 Å². The lowest BCUT2D eigenvalue weighted by Gasteiger charge is -2.13. The number of nitrogens with one attached hydrogen (secondary N) is 1. The molecule has 0 unspecified atom stereocenters. The smallest absolute Gasteiger partial charge is 0.134 e. The van der Waals surface area contributed by atoms with E-state index >= 15 is 0 Å². The van der Waals surface area contributed by atoms with Crippen molar-refractivity contribution < 1.29 is 4.74 Å². The largest absolute Gasteiger partial charge is 0.488 e. The Morgan fingerprint density at radius 2 is 1.73 bits per heavy atom. The van der Waals surface area contributed by atoms with Crippen LogP contribution in [0.15, 0.2) is 65.1 Å². The third kappa shape index (κ3) is 4.73. The Morgan fingerprint density at radius 3 is 2.50 bits per heavy atom. The maximum atomic E-state index is 6.17. The summed E-state index contributed by atoms with van der Waals surface area (Å²) in [5, 5.41) is 4.89. The normalized spacial score (nSPS) is 10.6. The van der Waals surface area contributed by atoms with Gasteiger partial charge in [-0.2, -0.15) is 0 Å². The molecule has 0 amide bonds. The van der Waals surface area contributed by atoms with E-state index < -0.39 is 0 Å². The third-order valence-electron chi connectivity index (χ3n) is 4.09. The quantitative estimate of drug-likeness (QED) is 0.426. The van der Waals surface area contributed by atoms with Crippen LogP contribution >= 0.6 is 39.1 Å². The SMILES string of the molecule is Cc1c(Cl)cccc1NCc1ccc(OCc2ccccc2Cl)c(Br)c1. The van der Waals surface area contributed by atoms with Gasteiger partial charge in [0.1, 0.15) is 12.4 Å². The van der Waals surface area contributed by atoms with E-state index in [9.17, 15) is 0 Å². The minimum atomic E-state index is 0.428. The predicted molar refractivity (Wildman–Crippen MR) is 113 cm³/mol. The Balaban J connectivity index is 1.64. The van der Waals surface area contributed by atoms with E-state index in [2.05, 4.69) is 27.3 Å². The van der Waals surface area contributed by atoms with E-state index in [1.165, 1.54) is 0 Å². The van der Waals surface area contributed by atoms with Crippen molar-refractivity contribution >= 4 is 44.8 Å². The number of hydrogen-bond acceptors (Lipinski definition) is 2. The van der Waals surface area contributed by atoms with Crippen LogP contribution in [0.2, 0.25) is 10.0 Å². The lowest BCUT2D eigenvalue weighted by Crippen LogP contribution is -2.02. The first-order valence-corrected chi connectivity index (χ1v) is 9.73. The highest BCUT2D eigenvalue weighted by Gasteiger charge is 2.06. The second kappa shape index (κ2) is 8.81. The highest BCUT2D eigenvalue weighted by molar-refractivity contribution is 9.10. The van der Waals surface area contributed by atoms with Crippen molar-refractivity contribution in [3.8, 4) is 5.75 Å². The van der Waals surface area contributed by atoms with Crippen LogP contribution in [0, 0.1) is 6.92 Å². The number of halogens is 3. The van der Waals surface area contributed by atoms with Crippen molar-refractivity contribution in [2.45, 2.75) is 20.1 Å². The summed E-state index contributed by atoms with van der Waals surface area (Å²) >= 11 is 15.9. The summed E-state index contributed by atoms with van der Waals surface area (Å²) in [7, 11) is 0. The van der Waals surface area contributed by atoms with Crippen LogP contribution in [0.3, 0.4) is 0 Å². The standard InChI is InChI=1S/C21H18BrCl2NO/c1-14-18(23)7-4-8-20(14)25-12-15-9-10-21(17(22)11-15)26-13-16-5-2-3-6-19(16)24/h2-11,25H,12-13H2,1H3. The van der Waals surface area contributed by atoms with Crippen LogP contribution in [-0.4, -0.2) is 0 Å². The summed E-state index contributed by atoms with van der Waals surface area (Å²) in [6, 6.07) is 19.6. The molecule has 0 aliphatic rings. The third-order valence-corrected chi connectivity index (χ3v) is 5.49.